The minimum absolute atomic E-state index is 0.290. The highest BCUT2D eigenvalue weighted by Gasteiger charge is 2.13. The maximum atomic E-state index is 11.7. The molecule has 112 valence electrons. The number of esters is 1. The molecule has 1 aromatic carbocycles. The summed E-state index contributed by atoms with van der Waals surface area (Å²) in [4.78, 5) is 23.7. The number of ether oxygens (including phenoxy) is 2. The average Bonchev–Trinajstić information content (AvgIpc) is 2.97. The van der Waals surface area contributed by atoms with Gasteiger partial charge in [0.25, 0.3) is 0 Å². The lowest BCUT2D eigenvalue weighted by Gasteiger charge is -2.07. The minimum atomic E-state index is -0.691. The number of hydrogen-bond donors (Lipinski definition) is 0. The Morgan fingerprint density at radius 1 is 1.18 bits per heavy atom. The number of carbonyl (C=O) groups excluding carboxylic acids is 2. The Labute approximate surface area is 135 Å². The van der Waals surface area contributed by atoms with Gasteiger partial charge in [-0.2, -0.15) is 5.26 Å². The van der Waals surface area contributed by atoms with Crippen LogP contribution in [0.5, 0.6) is 5.75 Å². The SMILES string of the molecule is N#Cc1ccccc1OCC(=O)OCC(=O)c1ccc(Cl)s1. The Balaban J connectivity index is 1.81. The van der Waals surface area contributed by atoms with Gasteiger partial charge in [0.05, 0.1) is 14.8 Å². The highest BCUT2D eigenvalue weighted by Crippen LogP contribution is 2.21. The minimum Gasteiger partial charge on any atom is -0.481 e. The van der Waals surface area contributed by atoms with E-state index < -0.39 is 5.97 Å². The van der Waals surface area contributed by atoms with E-state index in [9.17, 15) is 9.59 Å². The normalized spacial score (nSPS) is 9.82. The van der Waals surface area contributed by atoms with E-state index in [-0.39, 0.29) is 19.0 Å². The molecule has 1 heterocycles. The van der Waals surface area contributed by atoms with Gasteiger partial charge >= 0.3 is 5.97 Å². The van der Waals surface area contributed by atoms with E-state index in [1.165, 1.54) is 0 Å². The Morgan fingerprint density at radius 3 is 2.64 bits per heavy atom. The molecule has 0 spiro atoms. The van der Waals surface area contributed by atoms with Crippen molar-refractivity contribution in [3.8, 4) is 11.8 Å². The second-order valence-corrected chi connectivity index (χ2v) is 5.80. The van der Waals surface area contributed by atoms with Crippen LogP contribution in [-0.2, 0) is 9.53 Å². The third-order valence-corrected chi connectivity index (χ3v) is 3.84. The predicted octanol–water partition coefficient (Wildman–Crippen LogP) is 3.08. The molecular formula is C15H10ClNO4S. The zero-order valence-corrected chi connectivity index (χ0v) is 12.8. The van der Waals surface area contributed by atoms with Crippen LogP contribution in [0.3, 0.4) is 0 Å². The number of para-hydroxylation sites is 1. The first-order valence-electron chi connectivity index (χ1n) is 6.16. The monoisotopic (exact) mass is 335 g/mol. The highest BCUT2D eigenvalue weighted by atomic mass is 35.5. The predicted molar refractivity (Wildman–Crippen MR) is 81.3 cm³/mol. The lowest BCUT2D eigenvalue weighted by Crippen LogP contribution is -2.19. The molecule has 0 saturated heterocycles. The molecule has 0 fully saturated rings. The summed E-state index contributed by atoms with van der Waals surface area (Å²) in [5, 5.41) is 8.89. The van der Waals surface area contributed by atoms with E-state index in [0.717, 1.165) is 11.3 Å². The van der Waals surface area contributed by atoms with Crippen molar-refractivity contribution < 1.29 is 19.1 Å². The number of halogens is 1. The van der Waals surface area contributed by atoms with Crippen LogP contribution >= 0.6 is 22.9 Å². The second-order valence-electron chi connectivity index (χ2n) is 4.08. The Bertz CT molecular complexity index is 735. The molecular weight excluding hydrogens is 326 g/mol. The van der Waals surface area contributed by atoms with Gasteiger partial charge in [-0.25, -0.2) is 4.79 Å². The second kappa shape index (κ2) is 7.59. The van der Waals surface area contributed by atoms with Gasteiger partial charge in [0, 0.05) is 0 Å². The molecule has 2 rings (SSSR count). The highest BCUT2D eigenvalue weighted by molar-refractivity contribution is 7.18. The number of thiophene rings is 1. The average molecular weight is 336 g/mol. The van der Waals surface area contributed by atoms with Crippen LogP contribution in [0.15, 0.2) is 36.4 Å². The molecule has 5 nitrogen and oxygen atoms in total. The maximum Gasteiger partial charge on any atom is 0.344 e. The molecule has 22 heavy (non-hydrogen) atoms. The van der Waals surface area contributed by atoms with E-state index in [4.69, 9.17) is 26.3 Å². The van der Waals surface area contributed by atoms with Gasteiger partial charge in [0.15, 0.2) is 13.2 Å². The lowest BCUT2D eigenvalue weighted by atomic mass is 10.2. The van der Waals surface area contributed by atoms with Crippen molar-refractivity contribution in [2.75, 3.05) is 13.2 Å². The summed E-state index contributed by atoms with van der Waals surface area (Å²) in [5.74, 6) is -0.732. The molecule has 0 aliphatic rings. The first kappa shape index (κ1) is 16.0. The number of nitriles is 1. The Hall–Kier alpha value is -2.36. The fraction of sp³-hybridized carbons (Fsp3) is 0.133. The fourth-order valence-electron chi connectivity index (χ4n) is 1.54. The summed E-state index contributed by atoms with van der Waals surface area (Å²) < 4.78 is 10.5. The molecule has 0 bridgehead atoms. The Kier molecular flexibility index (Phi) is 5.53. The van der Waals surface area contributed by atoms with Gasteiger partial charge in [-0.1, -0.05) is 23.7 Å². The molecule has 2 aromatic rings. The topological polar surface area (TPSA) is 76.4 Å². The summed E-state index contributed by atoms with van der Waals surface area (Å²) in [6.07, 6.45) is 0. The number of rotatable bonds is 6. The molecule has 0 saturated carbocycles. The zero-order chi connectivity index (χ0) is 15.9. The standard InChI is InChI=1S/C15H10ClNO4S/c16-14-6-5-13(22-14)11(18)8-21-15(19)9-20-12-4-2-1-3-10(12)7-17/h1-6H,8-9H2. The quantitative estimate of drug-likeness (QED) is 0.599. The van der Waals surface area contributed by atoms with Crippen LogP contribution in [0.25, 0.3) is 0 Å². The van der Waals surface area contributed by atoms with Crippen molar-refractivity contribution in [1.82, 2.24) is 0 Å². The molecule has 0 aliphatic heterocycles. The molecule has 0 aliphatic carbocycles. The van der Waals surface area contributed by atoms with Crippen LogP contribution in [0, 0.1) is 11.3 Å². The molecule has 0 radical (unpaired) electrons. The van der Waals surface area contributed by atoms with E-state index in [2.05, 4.69) is 0 Å². The van der Waals surface area contributed by atoms with Crippen LogP contribution in [-0.4, -0.2) is 25.0 Å². The van der Waals surface area contributed by atoms with E-state index in [1.807, 2.05) is 6.07 Å². The molecule has 1 aromatic heterocycles. The molecule has 0 amide bonds. The van der Waals surface area contributed by atoms with Crippen molar-refractivity contribution in [1.29, 1.82) is 5.26 Å². The molecule has 0 N–H and O–H groups in total. The van der Waals surface area contributed by atoms with Gasteiger partial charge in [-0.3, -0.25) is 4.79 Å². The first-order valence-corrected chi connectivity index (χ1v) is 7.35. The largest absolute Gasteiger partial charge is 0.481 e. The van der Waals surface area contributed by atoms with Gasteiger partial charge in [-0.05, 0) is 24.3 Å². The Morgan fingerprint density at radius 2 is 1.95 bits per heavy atom. The van der Waals surface area contributed by atoms with Gasteiger partial charge in [-0.15, -0.1) is 11.3 Å². The first-order chi connectivity index (χ1) is 10.6. The van der Waals surface area contributed by atoms with Gasteiger partial charge in [0.2, 0.25) is 5.78 Å². The van der Waals surface area contributed by atoms with Crippen LogP contribution in [0.2, 0.25) is 4.34 Å². The summed E-state index contributed by atoms with van der Waals surface area (Å²) in [7, 11) is 0. The fourth-order valence-corrected chi connectivity index (χ4v) is 2.51. The van der Waals surface area contributed by atoms with Crippen LogP contribution in [0.1, 0.15) is 15.2 Å². The summed E-state index contributed by atoms with van der Waals surface area (Å²) in [6.45, 7) is -0.754. The van der Waals surface area contributed by atoms with E-state index in [1.54, 1.807) is 36.4 Å². The molecule has 7 heteroatoms. The van der Waals surface area contributed by atoms with Crippen LogP contribution < -0.4 is 4.74 Å². The summed E-state index contributed by atoms with van der Waals surface area (Å²) in [6, 6.07) is 11.6. The van der Waals surface area contributed by atoms with Gasteiger partial charge in [0.1, 0.15) is 11.8 Å². The smallest absolute Gasteiger partial charge is 0.344 e. The van der Waals surface area contributed by atoms with Crippen molar-refractivity contribution in [3.63, 3.8) is 0 Å². The van der Waals surface area contributed by atoms with E-state index in [0.29, 0.717) is 20.5 Å². The maximum absolute atomic E-state index is 11.7. The zero-order valence-electron chi connectivity index (χ0n) is 11.2. The van der Waals surface area contributed by atoms with Crippen LogP contribution in [0.4, 0.5) is 0 Å². The molecule has 0 atom stereocenters. The molecule has 0 unspecified atom stereocenters. The number of hydrogen-bond acceptors (Lipinski definition) is 6. The van der Waals surface area contributed by atoms with Crippen molar-refractivity contribution >= 4 is 34.7 Å². The lowest BCUT2D eigenvalue weighted by molar-refractivity contribution is -0.144. The van der Waals surface area contributed by atoms with E-state index >= 15 is 0 Å². The number of carbonyl (C=O) groups is 2. The van der Waals surface area contributed by atoms with Gasteiger partial charge < -0.3 is 9.47 Å². The number of Topliss-reactive ketones (excluding diaryl/α,β-unsaturated/α-hetero) is 1. The van der Waals surface area contributed by atoms with Crippen molar-refractivity contribution in [2.24, 2.45) is 0 Å². The summed E-state index contributed by atoms with van der Waals surface area (Å²) >= 11 is 6.85. The van der Waals surface area contributed by atoms with Crippen molar-refractivity contribution in [2.45, 2.75) is 0 Å². The van der Waals surface area contributed by atoms with Crippen molar-refractivity contribution in [3.05, 3.63) is 51.2 Å². The number of benzene rings is 1. The third kappa shape index (κ3) is 4.32. The number of nitrogens with zero attached hydrogens (tertiary/aromatic N) is 1. The summed E-state index contributed by atoms with van der Waals surface area (Å²) in [5.41, 5.74) is 0.319. The number of ketones is 1. The third-order valence-electron chi connectivity index (χ3n) is 2.57.